The summed E-state index contributed by atoms with van der Waals surface area (Å²) in [6.07, 6.45) is 4.48. The van der Waals surface area contributed by atoms with Crippen LogP contribution in [0.3, 0.4) is 0 Å². The molecule has 0 aliphatic carbocycles. The van der Waals surface area contributed by atoms with Crippen LogP contribution < -0.4 is 5.73 Å². The maximum atomic E-state index is 6.06. The van der Waals surface area contributed by atoms with Crippen LogP contribution in [0.15, 0.2) is 0 Å². The minimum absolute atomic E-state index is 0.104. The highest BCUT2D eigenvalue weighted by Gasteiger charge is 2.33. The highest BCUT2D eigenvalue weighted by Crippen LogP contribution is 2.26. The van der Waals surface area contributed by atoms with Gasteiger partial charge >= 0.3 is 0 Å². The van der Waals surface area contributed by atoms with Gasteiger partial charge in [0, 0.05) is 32.6 Å². The fourth-order valence-corrected chi connectivity index (χ4v) is 2.01. The molecule has 84 valence electrons. The van der Waals surface area contributed by atoms with Crippen LogP contribution in [0.1, 0.15) is 39.5 Å². The summed E-state index contributed by atoms with van der Waals surface area (Å²) in [6.45, 7) is 6.51. The van der Waals surface area contributed by atoms with Crippen molar-refractivity contribution in [1.29, 1.82) is 0 Å². The van der Waals surface area contributed by atoms with Gasteiger partial charge in [-0.15, -0.1) is 0 Å². The van der Waals surface area contributed by atoms with Crippen LogP contribution in [-0.4, -0.2) is 31.5 Å². The van der Waals surface area contributed by atoms with Crippen molar-refractivity contribution in [2.45, 2.75) is 51.2 Å². The van der Waals surface area contributed by atoms with Gasteiger partial charge in [-0.1, -0.05) is 13.3 Å². The molecule has 2 N–H and O–H groups in total. The molecule has 0 aromatic rings. The van der Waals surface area contributed by atoms with Crippen LogP contribution in [0.25, 0.3) is 0 Å². The monoisotopic (exact) mass is 201 g/mol. The Hall–Kier alpha value is -0.120. The SMILES string of the molecule is CCCC(C)OC1(CN)CCOCC1. The maximum Gasteiger partial charge on any atom is 0.0851 e. The molecule has 0 amide bonds. The Labute approximate surface area is 86.9 Å². The summed E-state index contributed by atoms with van der Waals surface area (Å²) in [7, 11) is 0. The molecule has 1 heterocycles. The van der Waals surface area contributed by atoms with E-state index in [4.69, 9.17) is 15.2 Å². The van der Waals surface area contributed by atoms with Crippen molar-refractivity contribution in [3.05, 3.63) is 0 Å². The Kier molecular flexibility index (Phi) is 4.85. The molecule has 1 aliphatic rings. The first-order valence-electron chi connectivity index (χ1n) is 5.68. The molecule has 0 radical (unpaired) electrons. The lowest BCUT2D eigenvalue weighted by Gasteiger charge is -2.38. The smallest absolute Gasteiger partial charge is 0.0851 e. The summed E-state index contributed by atoms with van der Waals surface area (Å²) in [5.41, 5.74) is 5.70. The summed E-state index contributed by atoms with van der Waals surface area (Å²) in [5, 5.41) is 0. The lowest BCUT2D eigenvalue weighted by Crippen LogP contribution is -2.47. The zero-order valence-electron chi connectivity index (χ0n) is 9.42. The van der Waals surface area contributed by atoms with Gasteiger partial charge in [0.2, 0.25) is 0 Å². The Balaban J connectivity index is 2.42. The van der Waals surface area contributed by atoms with E-state index in [1.165, 1.54) is 0 Å². The van der Waals surface area contributed by atoms with E-state index in [1.54, 1.807) is 0 Å². The molecule has 1 saturated heterocycles. The molecule has 0 bridgehead atoms. The van der Waals surface area contributed by atoms with Gasteiger partial charge in [-0.05, 0) is 13.3 Å². The van der Waals surface area contributed by atoms with Crippen LogP contribution in [0, 0.1) is 0 Å². The van der Waals surface area contributed by atoms with Gasteiger partial charge in [0.05, 0.1) is 11.7 Å². The van der Waals surface area contributed by atoms with E-state index in [2.05, 4.69) is 13.8 Å². The first-order chi connectivity index (χ1) is 6.72. The lowest BCUT2D eigenvalue weighted by atomic mass is 9.94. The fraction of sp³-hybridized carbons (Fsp3) is 1.00. The van der Waals surface area contributed by atoms with Gasteiger partial charge in [-0.2, -0.15) is 0 Å². The van der Waals surface area contributed by atoms with Crippen molar-refractivity contribution < 1.29 is 9.47 Å². The molecule has 14 heavy (non-hydrogen) atoms. The third-order valence-corrected chi connectivity index (χ3v) is 2.92. The molecule has 1 unspecified atom stereocenters. The second kappa shape index (κ2) is 5.69. The summed E-state index contributed by atoms with van der Waals surface area (Å²) in [5.74, 6) is 0. The van der Waals surface area contributed by atoms with Crippen molar-refractivity contribution in [2.75, 3.05) is 19.8 Å². The van der Waals surface area contributed by atoms with Gasteiger partial charge < -0.3 is 15.2 Å². The summed E-state index contributed by atoms with van der Waals surface area (Å²) in [6, 6.07) is 0. The maximum absolute atomic E-state index is 6.06. The highest BCUT2D eigenvalue weighted by atomic mass is 16.5. The predicted octanol–water partition coefficient (Wildman–Crippen LogP) is 1.70. The van der Waals surface area contributed by atoms with Crippen molar-refractivity contribution in [1.82, 2.24) is 0 Å². The topological polar surface area (TPSA) is 44.5 Å². The van der Waals surface area contributed by atoms with Gasteiger partial charge in [-0.3, -0.25) is 0 Å². The Morgan fingerprint density at radius 1 is 1.43 bits per heavy atom. The van der Waals surface area contributed by atoms with E-state index in [9.17, 15) is 0 Å². The van der Waals surface area contributed by atoms with Crippen molar-refractivity contribution in [3.63, 3.8) is 0 Å². The first-order valence-corrected chi connectivity index (χ1v) is 5.68. The first kappa shape index (κ1) is 12.0. The third-order valence-electron chi connectivity index (χ3n) is 2.92. The largest absolute Gasteiger partial charge is 0.381 e. The van der Waals surface area contributed by atoms with Crippen molar-refractivity contribution in [3.8, 4) is 0 Å². The Morgan fingerprint density at radius 3 is 2.57 bits per heavy atom. The number of ether oxygens (including phenoxy) is 2. The minimum Gasteiger partial charge on any atom is -0.381 e. The minimum atomic E-state index is -0.104. The normalized spacial score (nSPS) is 23.4. The quantitative estimate of drug-likeness (QED) is 0.736. The van der Waals surface area contributed by atoms with Gasteiger partial charge in [-0.25, -0.2) is 0 Å². The predicted molar refractivity (Wildman–Crippen MR) is 57.3 cm³/mol. The van der Waals surface area contributed by atoms with Gasteiger partial charge in [0.25, 0.3) is 0 Å². The van der Waals surface area contributed by atoms with E-state index in [0.29, 0.717) is 12.6 Å². The van der Waals surface area contributed by atoms with E-state index < -0.39 is 0 Å². The van der Waals surface area contributed by atoms with Crippen LogP contribution in [0.4, 0.5) is 0 Å². The standard InChI is InChI=1S/C11H23NO2/c1-3-4-10(2)14-11(9-12)5-7-13-8-6-11/h10H,3-9,12H2,1-2H3. The Bertz CT molecular complexity index is 155. The third kappa shape index (κ3) is 3.23. The average molecular weight is 201 g/mol. The molecular weight excluding hydrogens is 178 g/mol. The molecule has 3 nitrogen and oxygen atoms in total. The number of nitrogens with two attached hydrogens (primary N) is 1. The van der Waals surface area contributed by atoms with Crippen LogP contribution >= 0.6 is 0 Å². The molecule has 0 aromatic heterocycles. The lowest BCUT2D eigenvalue weighted by molar-refractivity contribution is -0.134. The fourth-order valence-electron chi connectivity index (χ4n) is 2.01. The summed E-state index contributed by atoms with van der Waals surface area (Å²) < 4.78 is 11.4. The van der Waals surface area contributed by atoms with E-state index in [-0.39, 0.29) is 5.60 Å². The second-order valence-corrected chi connectivity index (χ2v) is 4.22. The van der Waals surface area contributed by atoms with Gasteiger partial charge in [0.15, 0.2) is 0 Å². The van der Waals surface area contributed by atoms with Crippen molar-refractivity contribution >= 4 is 0 Å². The summed E-state index contributed by atoms with van der Waals surface area (Å²) in [4.78, 5) is 0. The molecule has 1 fully saturated rings. The summed E-state index contributed by atoms with van der Waals surface area (Å²) >= 11 is 0. The molecule has 0 aromatic carbocycles. The molecule has 1 aliphatic heterocycles. The zero-order chi connectivity index (χ0) is 10.4. The Morgan fingerprint density at radius 2 is 2.07 bits per heavy atom. The van der Waals surface area contributed by atoms with E-state index >= 15 is 0 Å². The van der Waals surface area contributed by atoms with E-state index in [0.717, 1.165) is 38.9 Å². The zero-order valence-corrected chi connectivity index (χ0v) is 9.42. The van der Waals surface area contributed by atoms with E-state index in [1.807, 2.05) is 0 Å². The molecule has 3 heteroatoms. The molecule has 0 saturated carbocycles. The molecule has 0 spiro atoms. The second-order valence-electron chi connectivity index (χ2n) is 4.22. The molecule has 1 atom stereocenters. The van der Waals surface area contributed by atoms with Gasteiger partial charge in [0.1, 0.15) is 0 Å². The average Bonchev–Trinajstić information content (AvgIpc) is 2.19. The van der Waals surface area contributed by atoms with Crippen molar-refractivity contribution in [2.24, 2.45) is 5.73 Å². The number of hydrogen-bond donors (Lipinski definition) is 1. The molecular formula is C11H23NO2. The number of hydrogen-bond acceptors (Lipinski definition) is 3. The number of rotatable bonds is 5. The van der Waals surface area contributed by atoms with Crippen LogP contribution in [0.2, 0.25) is 0 Å². The molecule has 1 rings (SSSR count). The van der Waals surface area contributed by atoms with Crippen LogP contribution in [0.5, 0.6) is 0 Å². The van der Waals surface area contributed by atoms with Crippen LogP contribution in [-0.2, 0) is 9.47 Å². The highest BCUT2D eigenvalue weighted by molar-refractivity contribution is 4.85.